The molecule has 0 unspecified atom stereocenters. The molecule has 0 aromatic carbocycles. The molecule has 1 aliphatic carbocycles. The summed E-state index contributed by atoms with van der Waals surface area (Å²) < 4.78 is 5.81. The smallest absolute Gasteiger partial charge is 0.139 e. The van der Waals surface area contributed by atoms with Crippen molar-refractivity contribution in [3.8, 4) is 0 Å². The highest BCUT2D eigenvalue weighted by atomic mass is 16.5. The summed E-state index contributed by atoms with van der Waals surface area (Å²) in [7, 11) is 0. The topological polar surface area (TPSA) is 26.3 Å². The number of carbonyl (C=O) groups excluding carboxylic acids is 1. The minimum Gasteiger partial charge on any atom is -0.374 e. The molecule has 13 heavy (non-hydrogen) atoms. The Bertz CT molecular complexity index is 248. The van der Waals surface area contributed by atoms with E-state index in [2.05, 4.69) is 6.92 Å². The second-order valence-corrected chi connectivity index (χ2v) is 4.95. The fraction of sp³-hybridized carbons (Fsp3) is 0.909. The molecular formula is C11H16O2. The van der Waals surface area contributed by atoms with E-state index in [4.69, 9.17) is 4.74 Å². The molecule has 2 saturated heterocycles. The molecule has 0 aromatic heterocycles. The molecule has 2 nitrogen and oxygen atoms in total. The van der Waals surface area contributed by atoms with Crippen molar-refractivity contribution in [2.45, 2.75) is 44.8 Å². The predicted molar refractivity (Wildman–Crippen MR) is 48.3 cm³/mol. The first-order chi connectivity index (χ1) is 6.25. The number of ether oxygens (including phenoxy) is 1. The molecule has 2 aliphatic heterocycles. The molecule has 72 valence electrons. The van der Waals surface area contributed by atoms with Crippen LogP contribution in [-0.2, 0) is 9.53 Å². The number of hydrogen-bond donors (Lipinski definition) is 0. The quantitative estimate of drug-likeness (QED) is 0.568. The molecule has 5 atom stereocenters. The van der Waals surface area contributed by atoms with Crippen molar-refractivity contribution in [2.75, 3.05) is 0 Å². The molecular weight excluding hydrogens is 164 g/mol. The number of rotatable bonds is 0. The minimum atomic E-state index is 0.272. The molecule has 0 amide bonds. The molecule has 3 rings (SSSR count). The van der Waals surface area contributed by atoms with Gasteiger partial charge in [0.15, 0.2) is 0 Å². The number of carbonyl (C=O) groups is 1. The van der Waals surface area contributed by atoms with E-state index < -0.39 is 0 Å². The lowest BCUT2D eigenvalue weighted by atomic mass is 9.83. The predicted octanol–water partition coefficient (Wildman–Crippen LogP) is 1.78. The average molecular weight is 180 g/mol. The summed E-state index contributed by atoms with van der Waals surface area (Å²) in [6.07, 6.45) is 5.05. The molecule has 2 bridgehead atoms. The average Bonchev–Trinajstić information content (AvgIpc) is 2.58. The Hall–Kier alpha value is -0.370. The highest BCUT2D eigenvalue weighted by Gasteiger charge is 2.51. The maximum absolute atomic E-state index is 11.7. The normalized spacial score (nSPS) is 53.9. The Morgan fingerprint density at radius 3 is 3.08 bits per heavy atom. The number of fused-ring (bicyclic) bond motifs is 4. The zero-order valence-electron chi connectivity index (χ0n) is 8.03. The first-order valence-electron chi connectivity index (χ1n) is 5.44. The molecule has 0 aromatic rings. The van der Waals surface area contributed by atoms with Crippen molar-refractivity contribution in [3.63, 3.8) is 0 Å². The van der Waals surface area contributed by atoms with Gasteiger partial charge in [-0.2, -0.15) is 0 Å². The third-order valence-electron chi connectivity index (χ3n) is 4.16. The Morgan fingerprint density at radius 1 is 1.38 bits per heavy atom. The van der Waals surface area contributed by atoms with Crippen LogP contribution in [-0.4, -0.2) is 18.0 Å². The molecule has 0 radical (unpaired) electrons. The number of hydrogen-bond acceptors (Lipinski definition) is 2. The molecule has 2 heterocycles. The molecule has 3 fully saturated rings. The lowest BCUT2D eigenvalue weighted by Crippen LogP contribution is -2.36. The monoisotopic (exact) mass is 180 g/mol. The van der Waals surface area contributed by atoms with Gasteiger partial charge in [-0.1, -0.05) is 6.92 Å². The van der Waals surface area contributed by atoms with Gasteiger partial charge in [0.1, 0.15) is 5.78 Å². The van der Waals surface area contributed by atoms with E-state index >= 15 is 0 Å². The van der Waals surface area contributed by atoms with Crippen LogP contribution in [0.2, 0.25) is 0 Å². The van der Waals surface area contributed by atoms with E-state index in [1.807, 2.05) is 0 Å². The van der Waals surface area contributed by atoms with E-state index in [9.17, 15) is 4.79 Å². The van der Waals surface area contributed by atoms with Gasteiger partial charge < -0.3 is 4.74 Å². The highest BCUT2D eigenvalue weighted by Crippen LogP contribution is 2.48. The van der Waals surface area contributed by atoms with Crippen molar-refractivity contribution in [2.24, 2.45) is 17.8 Å². The van der Waals surface area contributed by atoms with Crippen LogP contribution in [0, 0.1) is 17.8 Å². The number of ketones is 1. The lowest BCUT2D eigenvalue weighted by Gasteiger charge is -2.32. The Balaban J connectivity index is 1.92. The maximum atomic E-state index is 11.7. The fourth-order valence-electron chi connectivity index (χ4n) is 3.53. The highest BCUT2D eigenvalue weighted by molar-refractivity contribution is 5.84. The SMILES string of the molecule is C[C@@H]1CC(=O)[C@H]2[C@@H]1C[C@H]1CC[C@@H]2O1. The summed E-state index contributed by atoms with van der Waals surface area (Å²) >= 11 is 0. The van der Waals surface area contributed by atoms with Crippen LogP contribution in [0.3, 0.4) is 0 Å². The first kappa shape index (κ1) is 7.98. The zero-order valence-corrected chi connectivity index (χ0v) is 8.03. The van der Waals surface area contributed by atoms with Crippen molar-refractivity contribution < 1.29 is 9.53 Å². The summed E-state index contributed by atoms with van der Waals surface area (Å²) in [6.45, 7) is 2.23. The zero-order chi connectivity index (χ0) is 9.00. The van der Waals surface area contributed by atoms with Gasteiger partial charge in [-0.15, -0.1) is 0 Å². The third-order valence-corrected chi connectivity index (χ3v) is 4.16. The van der Waals surface area contributed by atoms with Crippen molar-refractivity contribution in [1.82, 2.24) is 0 Å². The van der Waals surface area contributed by atoms with Crippen LogP contribution in [0.25, 0.3) is 0 Å². The Kier molecular flexibility index (Phi) is 1.58. The van der Waals surface area contributed by atoms with Gasteiger partial charge in [0.2, 0.25) is 0 Å². The second-order valence-electron chi connectivity index (χ2n) is 4.95. The summed E-state index contributed by atoms with van der Waals surface area (Å²) in [6, 6.07) is 0. The van der Waals surface area contributed by atoms with Gasteiger partial charge in [0, 0.05) is 12.3 Å². The molecule has 0 spiro atoms. The molecule has 0 N–H and O–H groups in total. The van der Waals surface area contributed by atoms with Gasteiger partial charge in [-0.05, 0) is 31.1 Å². The van der Waals surface area contributed by atoms with Gasteiger partial charge in [0.05, 0.1) is 12.2 Å². The molecule has 3 aliphatic rings. The standard InChI is InChI=1S/C11H16O2/c1-6-4-9(12)11-8(6)5-7-2-3-10(11)13-7/h6-8,10-11H,2-5H2,1H3/t6-,7-,8-,10+,11-/m1/s1. The van der Waals surface area contributed by atoms with E-state index in [0.29, 0.717) is 29.8 Å². The lowest BCUT2D eigenvalue weighted by molar-refractivity contribution is -0.130. The maximum Gasteiger partial charge on any atom is 0.139 e. The van der Waals surface area contributed by atoms with Crippen LogP contribution >= 0.6 is 0 Å². The van der Waals surface area contributed by atoms with E-state index in [1.54, 1.807) is 0 Å². The summed E-state index contributed by atoms with van der Waals surface area (Å²) in [5.74, 6) is 2.01. The van der Waals surface area contributed by atoms with Crippen LogP contribution in [0.5, 0.6) is 0 Å². The second kappa shape index (κ2) is 2.57. The van der Waals surface area contributed by atoms with E-state index in [0.717, 1.165) is 19.3 Å². The Morgan fingerprint density at radius 2 is 2.23 bits per heavy atom. The van der Waals surface area contributed by atoms with Gasteiger partial charge in [-0.25, -0.2) is 0 Å². The van der Waals surface area contributed by atoms with E-state index in [-0.39, 0.29) is 5.92 Å². The minimum absolute atomic E-state index is 0.272. The van der Waals surface area contributed by atoms with Gasteiger partial charge in [-0.3, -0.25) is 4.79 Å². The fourth-order valence-corrected chi connectivity index (χ4v) is 3.53. The van der Waals surface area contributed by atoms with Gasteiger partial charge in [0.25, 0.3) is 0 Å². The van der Waals surface area contributed by atoms with E-state index in [1.165, 1.54) is 6.42 Å². The Labute approximate surface area is 78.6 Å². The van der Waals surface area contributed by atoms with Crippen LogP contribution in [0.4, 0.5) is 0 Å². The largest absolute Gasteiger partial charge is 0.374 e. The van der Waals surface area contributed by atoms with Crippen molar-refractivity contribution in [3.05, 3.63) is 0 Å². The van der Waals surface area contributed by atoms with Crippen molar-refractivity contribution in [1.29, 1.82) is 0 Å². The molecule has 1 saturated carbocycles. The first-order valence-corrected chi connectivity index (χ1v) is 5.44. The van der Waals surface area contributed by atoms with Crippen LogP contribution in [0.15, 0.2) is 0 Å². The third kappa shape index (κ3) is 1.01. The van der Waals surface area contributed by atoms with Crippen molar-refractivity contribution >= 4 is 5.78 Å². The summed E-state index contributed by atoms with van der Waals surface area (Å²) in [5, 5.41) is 0. The van der Waals surface area contributed by atoms with Gasteiger partial charge >= 0.3 is 0 Å². The summed E-state index contributed by atoms with van der Waals surface area (Å²) in [5.41, 5.74) is 0. The number of Topliss-reactive ketones (excluding diaryl/α,β-unsaturated/α-hetero) is 1. The van der Waals surface area contributed by atoms with Crippen LogP contribution < -0.4 is 0 Å². The molecule has 2 heteroatoms. The summed E-state index contributed by atoms with van der Waals surface area (Å²) in [4.78, 5) is 11.7. The van der Waals surface area contributed by atoms with Crippen LogP contribution in [0.1, 0.15) is 32.6 Å².